The fraction of sp³-hybridized carbons (Fsp3) is 0.429. The smallest absolute Gasteiger partial charge is 0.321 e. The number of urea groups is 1. The first-order valence-electron chi connectivity index (χ1n) is 6.44. The minimum atomic E-state index is -0.527. The van der Waals surface area contributed by atoms with Gasteiger partial charge in [-0.2, -0.15) is 0 Å². The van der Waals surface area contributed by atoms with E-state index in [1.165, 1.54) is 7.05 Å². The highest BCUT2D eigenvalue weighted by atomic mass is 35.5. The number of methoxy groups -OCH3 is 1. The van der Waals surface area contributed by atoms with Gasteiger partial charge in [0.25, 0.3) is 0 Å². The lowest BCUT2D eigenvalue weighted by Gasteiger charge is -2.24. The molecule has 3 amide bonds. The Morgan fingerprint density at radius 1 is 1.43 bits per heavy atom. The maximum absolute atomic E-state index is 11.9. The largest absolute Gasteiger partial charge is 0.496 e. The van der Waals surface area contributed by atoms with Crippen molar-refractivity contribution in [3.05, 3.63) is 28.8 Å². The number of nitrogens with one attached hydrogen (secondary N) is 2. The monoisotopic (exact) mass is 313 g/mol. The zero-order chi connectivity index (χ0) is 16.0. The molecule has 0 aromatic heterocycles. The summed E-state index contributed by atoms with van der Waals surface area (Å²) in [7, 11) is 4.82. The zero-order valence-corrected chi connectivity index (χ0v) is 13.3. The Balaban J connectivity index is 2.76. The second-order valence-electron chi connectivity index (χ2n) is 4.62. The molecule has 2 N–H and O–H groups in total. The maximum atomic E-state index is 11.9. The van der Waals surface area contributed by atoms with Gasteiger partial charge in [0.05, 0.1) is 13.2 Å². The minimum absolute atomic E-state index is 0.377. The van der Waals surface area contributed by atoms with E-state index in [4.69, 9.17) is 16.3 Å². The molecule has 0 spiro atoms. The van der Waals surface area contributed by atoms with E-state index in [2.05, 4.69) is 10.6 Å². The van der Waals surface area contributed by atoms with Gasteiger partial charge in [-0.05, 0) is 32.2 Å². The molecule has 0 bridgehead atoms. The minimum Gasteiger partial charge on any atom is -0.496 e. The molecule has 21 heavy (non-hydrogen) atoms. The van der Waals surface area contributed by atoms with Crippen molar-refractivity contribution in [2.24, 2.45) is 0 Å². The van der Waals surface area contributed by atoms with Gasteiger partial charge in [-0.1, -0.05) is 11.6 Å². The summed E-state index contributed by atoms with van der Waals surface area (Å²) < 4.78 is 5.27. The van der Waals surface area contributed by atoms with Crippen LogP contribution in [0.25, 0.3) is 0 Å². The van der Waals surface area contributed by atoms with Crippen LogP contribution in [-0.2, 0) is 11.3 Å². The van der Waals surface area contributed by atoms with E-state index < -0.39 is 12.1 Å². The van der Waals surface area contributed by atoms with E-state index in [-0.39, 0.29) is 5.91 Å². The highest BCUT2D eigenvalue weighted by Crippen LogP contribution is 2.24. The Labute approximate surface area is 129 Å². The molecule has 116 valence electrons. The number of rotatable bonds is 5. The highest BCUT2D eigenvalue weighted by molar-refractivity contribution is 6.30. The molecule has 0 fully saturated rings. The predicted molar refractivity (Wildman–Crippen MR) is 81.5 cm³/mol. The Hall–Kier alpha value is -1.79. The summed E-state index contributed by atoms with van der Waals surface area (Å²) >= 11 is 5.98. The van der Waals surface area contributed by atoms with Crippen LogP contribution in [0.4, 0.5) is 4.79 Å². The quantitative estimate of drug-likeness (QED) is 0.866. The summed E-state index contributed by atoms with van der Waals surface area (Å²) in [4.78, 5) is 24.8. The maximum Gasteiger partial charge on any atom is 0.321 e. The SMILES string of the molecule is CNC(=O)NC(=O)[C@@H](C)N(C)Cc1cc(Cl)ccc1OC. The molecule has 0 aliphatic heterocycles. The molecule has 0 unspecified atom stereocenters. The fourth-order valence-electron chi connectivity index (χ4n) is 1.76. The van der Waals surface area contributed by atoms with Crippen molar-refractivity contribution < 1.29 is 14.3 Å². The van der Waals surface area contributed by atoms with Crippen LogP contribution >= 0.6 is 11.6 Å². The van der Waals surface area contributed by atoms with Crippen molar-refractivity contribution in [1.82, 2.24) is 15.5 Å². The Morgan fingerprint density at radius 2 is 2.10 bits per heavy atom. The lowest BCUT2D eigenvalue weighted by Crippen LogP contribution is -2.47. The van der Waals surface area contributed by atoms with Gasteiger partial charge >= 0.3 is 6.03 Å². The normalized spacial score (nSPS) is 11.9. The molecule has 1 aromatic carbocycles. The number of carbonyl (C=O) groups is 2. The van der Waals surface area contributed by atoms with Crippen molar-refractivity contribution in [2.75, 3.05) is 21.2 Å². The Kier molecular flexibility index (Phi) is 6.45. The first-order chi connectivity index (χ1) is 9.88. The molecule has 1 rings (SSSR count). The van der Waals surface area contributed by atoms with Gasteiger partial charge in [0.1, 0.15) is 5.75 Å². The van der Waals surface area contributed by atoms with Crippen molar-refractivity contribution >= 4 is 23.5 Å². The van der Waals surface area contributed by atoms with E-state index in [9.17, 15) is 9.59 Å². The van der Waals surface area contributed by atoms with E-state index in [0.717, 1.165) is 5.56 Å². The number of imide groups is 1. The van der Waals surface area contributed by atoms with Gasteiger partial charge in [0, 0.05) is 24.2 Å². The molecule has 1 atom stereocenters. The predicted octanol–water partition coefficient (Wildman–Crippen LogP) is 1.62. The lowest BCUT2D eigenvalue weighted by molar-refractivity contribution is -0.124. The molecule has 0 radical (unpaired) electrons. The standard InChI is InChI=1S/C14H20ClN3O3/c1-9(13(19)17-14(20)16-2)18(3)8-10-7-11(15)5-6-12(10)21-4/h5-7,9H,8H2,1-4H3,(H2,16,17,19,20)/t9-/m1/s1. The van der Waals surface area contributed by atoms with E-state index in [1.54, 1.807) is 44.2 Å². The van der Waals surface area contributed by atoms with Crippen molar-refractivity contribution in [2.45, 2.75) is 19.5 Å². The van der Waals surface area contributed by atoms with Gasteiger partial charge in [-0.25, -0.2) is 4.79 Å². The molecule has 0 heterocycles. The second-order valence-corrected chi connectivity index (χ2v) is 5.05. The van der Waals surface area contributed by atoms with Crippen LogP contribution in [-0.4, -0.2) is 44.1 Å². The van der Waals surface area contributed by atoms with Crippen LogP contribution in [0.1, 0.15) is 12.5 Å². The summed E-state index contributed by atoms with van der Waals surface area (Å²) in [5, 5.41) is 5.19. The summed E-state index contributed by atoms with van der Waals surface area (Å²) in [5.41, 5.74) is 0.868. The Bertz CT molecular complexity index is 522. The molecular weight excluding hydrogens is 294 g/mol. The summed E-state index contributed by atoms with van der Waals surface area (Å²) in [6.45, 7) is 2.18. The third-order valence-electron chi connectivity index (χ3n) is 3.17. The van der Waals surface area contributed by atoms with Gasteiger partial charge in [0.2, 0.25) is 5.91 Å². The molecule has 1 aromatic rings. The van der Waals surface area contributed by atoms with Crippen molar-refractivity contribution in [3.63, 3.8) is 0 Å². The molecule has 7 heteroatoms. The van der Waals surface area contributed by atoms with Gasteiger partial charge < -0.3 is 10.1 Å². The molecule has 0 aliphatic carbocycles. The van der Waals surface area contributed by atoms with Crippen LogP contribution < -0.4 is 15.4 Å². The average Bonchev–Trinajstić information content (AvgIpc) is 2.46. The number of hydrogen-bond donors (Lipinski definition) is 2. The average molecular weight is 314 g/mol. The van der Waals surface area contributed by atoms with E-state index >= 15 is 0 Å². The first-order valence-corrected chi connectivity index (χ1v) is 6.82. The van der Waals surface area contributed by atoms with Crippen molar-refractivity contribution in [1.29, 1.82) is 0 Å². The number of nitrogens with zero attached hydrogens (tertiary/aromatic N) is 1. The number of amides is 3. The van der Waals surface area contributed by atoms with Gasteiger partial charge in [-0.15, -0.1) is 0 Å². The number of ether oxygens (including phenoxy) is 1. The van der Waals surface area contributed by atoms with Crippen LogP contribution in [0.3, 0.4) is 0 Å². The molecule has 0 aliphatic rings. The third kappa shape index (κ3) is 4.91. The molecule has 0 saturated carbocycles. The van der Waals surface area contributed by atoms with Crippen LogP contribution in [0.15, 0.2) is 18.2 Å². The van der Waals surface area contributed by atoms with Crippen molar-refractivity contribution in [3.8, 4) is 5.75 Å². The number of likely N-dealkylation sites (N-methyl/N-ethyl adjacent to an activating group) is 1. The number of carbonyl (C=O) groups excluding carboxylic acids is 2. The zero-order valence-electron chi connectivity index (χ0n) is 12.6. The summed E-state index contributed by atoms with van der Waals surface area (Å²) in [6, 6.07) is 4.30. The molecule has 6 nitrogen and oxygen atoms in total. The van der Waals surface area contributed by atoms with E-state index in [1.807, 2.05) is 0 Å². The molecule has 0 saturated heterocycles. The number of halogens is 1. The van der Waals surface area contributed by atoms with Crippen LogP contribution in [0.2, 0.25) is 5.02 Å². The van der Waals surface area contributed by atoms with Gasteiger partial charge in [0.15, 0.2) is 0 Å². The number of hydrogen-bond acceptors (Lipinski definition) is 4. The molecular formula is C14H20ClN3O3. The number of benzene rings is 1. The topological polar surface area (TPSA) is 70.7 Å². The third-order valence-corrected chi connectivity index (χ3v) is 3.40. The summed E-state index contributed by atoms with van der Waals surface area (Å²) in [6.07, 6.45) is 0. The Morgan fingerprint density at radius 3 is 2.67 bits per heavy atom. The van der Waals surface area contributed by atoms with E-state index in [0.29, 0.717) is 17.3 Å². The van der Waals surface area contributed by atoms with Gasteiger partial charge in [-0.3, -0.25) is 15.0 Å². The fourth-order valence-corrected chi connectivity index (χ4v) is 1.95. The highest BCUT2D eigenvalue weighted by Gasteiger charge is 2.20. The second kappa shape index (κ2) is 7.85. The van der Waals surface area contributed by atoms with Crippen LogP contribution in [0.5, 0.6) is 5.75 Å². The lowest BCUT2D eigenvalue weighted by atomic mass is 10.1. The summed E-state index contributed by atoms with van der Waals surface area (Å²) in [5.74, 6) is 0.322. The first kappa shape index (κ1) is 17.3. The van der Waals surface area contributed by atoms with Crippen LogP contribution in [0, 0.1) is 0 Å².